The van der Waals surface area contributed by atoms with E-state index in [0.29, 0.717) is 0 Å². The van der Waals surface area contributed by atoms with Gasteiger partial charge in [-0.3, -0.25) is 4.90 Å². The van der Waals surface area contributed by atoms with Crippen molar-refractivity contribution < 1.29 is 0 Å². The van der Waals surface area contributed by atoms with Crippen LogP contribution in [0.4, 0.5) is 0 Å². The molecule has 0 bridgehead atoms. The van der Waals surface area contributed by atoms with Gasteiger partial charge in [0.05, 0.1) is 0 Å². The van der Waals surface area contributed by atoms with Gasteiger partial charge in [0.25, 0.3) is 0 Å². The molecule has 0 aromatic heterocycles. The molecule has 3 atom stereocenters. The maximum absolute atomic E-state index is 3.76. The number of likely N-dealkylation sites (N-methyl/N-ethyl adjacent to an activating group) is 1. The van der Waals surface area contributed by atoms with E-state index in [1.807, 2.05) is 0 Å². The normalized spacial score (nSPS) is 33.9. The van der Waals surface area contributed by atoms with E-state index < -0.39 is 0 Å². The fourth-order valence-corrected chi connectivity index (χ4v) is 3.82. The fourth-order valence-electron chi connectivity index (χ4n) is 3.82. The van der Waals surface area contributed by atoms with E-state index in [1.165, 1.54) is 64.8 Å². The van der Waals surface area contributed by atoms with E-state index in [-0.39, 0.29) is 0 Å². The molecule has 1 aliphatic heterocycles. The molecule has 2 rings (SSSR count). The summed E-state index contributed by atoms with van der Waals surface area (Å²) in [6.45, 7) is 10.9. The summed E-state index contributed by atoms with van der Waals surface area (Å²) in [7, 11) is 2.25. The number of hydrogen-bond acceptors (Lipinski definition) is 3. The average Bonchev–Trinajstić information content (AvgIpc) is 2.83. The first-order valence-electron chi connectivity index (χ1n) is 8.36. The molecule has 3 nitrogen and oxygen atoms in total. The molecule has 0 radical (unpaired) electrons. The summed E-state index contributed by atoms with van der Waals surface area (Å²) in [4.78, 5) is 5.16. The fraction of sp³-hybridized carbons (Fsp3) is 1.00. The monoisotopic (exact) mass is 267 g/mol. The zero-order valence-corrected chi connectivity index (χ0v) is 13.2. The van der Waals surface area contributed by atoms with Crippen LogP contribution in [0.1, 0.15) is 46.0 Å². The molecular formula is C16H33N3. The molecule has 3 heteroatoms. The average molecular weight is 267 g/mol. The third kappa shape index (κ3) is 4.44. The van der Waals surface area contributed by atoms with Crippen molar-refractivity contribution in [2.24, 2.45) is 5.92 Å². The summed E-state index contributed by atoms with van der Waals surface area (Å²) in [6.07, 6.45) is 6.95. The van der Waals surface area contributed by atoms with Crippen LogP contribution in [0.2, 0.25) is 0 Å². The van der Waals surface area contributed by atoms with Gasteiger partial charge in [0.1, 0.15) is 0 Å². The van der Waals surface area contributed by atoms with Gasteiger partial charge in [-0.25, -0.2) is 0 Å². The Bertz CT molecular complexity index is 256. The first-order chi connectivity index (χ1) is 9.20. The van der Waals surface area contributed by atoms with Crippen LogP contribution in [0.5, 0.6) is 0 Å². The summed E-state index contributed by atoms with van der Waals surface area (Å²) < 4.78 is 0. The molecule has 112 valence electrons. The van der Waals surface area contributed by atoms with Crippen molar-refractivity contribution in [1.82, 2.24) is 15.1 Å². The Morgan fingerprint density at radius 3 is 2.79 bits per heavy atom. The quantitative estimate of drug-likeness (QED) is 0.796. The molecule has 1 saturated carbocycles. The Hall–Kier alpha value is -0.120. The molecule has 0 spiro atoms. The van der Waals surface area contributed by atoms with Crippen molar-refractivity contribution in [3.63, 3.8) is 0 Å². The van der Waals surface area contributed by atoms with Crippen molar-refractivity contribution in [2.45, 2.75) is 58.0 Å². The van der Waals surface area contributed by atoms with Gasteiger partial charge in [0.15, 0.2) is 0 Å². The largest absolute Gasteiger partial charge is 0.314 e. The number of hydrogen-bond donors (Lipinski definition) is 1. The van der Waals surface area contributed by atoms with E-state index >= 15 is 0 Å². The second-order valence-electron chi connectivity index (χ2n) is 6.69. The highest BCUT2D eigenvalue weighted by molar-refractivity contribution is 4.85. The zero-order valence-electron chi connectivity index (χ0n) is 13.2. The van der Waals surface area contributed by atoms with E-state index in [9.17, 15) is 0 Å². The van der Waals surface area contributed by atoms with Crippen LogP contribution < -0.4 is 5.32 Å². The Morgan fingerprint density at radius 2 is 2.05 bits per heavy atom. The Morgan fingerprint density at radius 1 is 1.21 bits per heavy atom. The number of nitrogens with zero attached hydrogens (tertiary/aromatic N) is 2. The van der Waals surface area contributed by atoms with Crippen LogP contribution in [0.15, 0.2) is 0 Å². The molecule has 1 N–H and O–H groups in total. The lowest BCUT2D eigenvalue weighted by Gasteiger charge is -2.39. The van der Waals surface area contributed by atoms with E-state index in [2.05, 4.69) is 36.0 Å². The molecule has 3 unspecified atom stereocenters. The molecule has 1 heterocycles. The summed E-state index contributed by atoms with van der Waals surface area (Å²) in [6, 6.07) is 1.55. The number of nitrogens with one attached hydrogen (secondary N) is 1. The SMILES string of the molecule is CCCNC1CCCC1CCN1CCN(C)CC1C. The molecular weight excluding hydrogens is 234 g/mol. The van der Waals surface area contributed by atoms with Gasteiger partial charge in [-0.15, -0.1) is 0 Å². The Labute approximate surface area is 119 Å². The van der Waals surface area contributed by atoms with Crippen molar-refractivity contribution in [3.05, 3.63) is 0 Å². The lowest BCUT2D eigenvalue weighted by Crippen LogP contribution is -2.51. The minimum absolute atomic E-state index is 0.738. The van der Waals surface area contributed by atoms with Crippen LogP contribution in [0.25, 0.3) is 0 Å². The smallest absolute Gasteiger partial charge is 0.0195 e. The maximum atomic E-state index is 3.76. The number of piperazine rings is 1. The number of rotatable bonds is 6. The highest BCUT2D eigenvalue weighted by Gasteiger charge is 2.28. The molecule has 0 aromatic rings. The topological polar surface area (TPSA) is 18.5 Å². The van der Waals surface area contributed by atoms with Crippen LogP contribution in [-0.2, 0) is 0 Å². The van der Waals surface area contributed by atoms with E-state index in [4.69, 9.17) is 0 Å². The minimum atomic E-state index is 0.738. The van der Waals surface area contributed by atoms with Crippen molar-refractivity contribution in [3.8, 4) is 0 Å². The van der Waals surface area contributed by atoms with Gasteiger partial charge in [-0.05, 0) is 58.7 Å². The predicted molar refractivity (Wildman–Crippen MR) is 82.6 cm³/mol. The summed E-state index contributed by atoms with van der Waals surface area (Å²) in [5.41, 5.74) is 0. The van der Waals surface area contributed by atoms with Gasteiger partial charge >= 0.3 is 0 Å². The van der Waals surface area contributed by atoms with Crippen LogP contribution >= 0.6 is 0 Å². The van der Waals surface area contributed by atoms with E-state index in [0.717, 1.165) is 18.0 Å². The first kappa shape index (κ1) is 15.3. The lowest BCUT2D eigenvalue weighted by molar-refractivity contribution is 0.0931. The molecule has 0 aromatic carbocycles. The molecule has 1 aliphatic carbocycles. The molecule has 2 fully saturated rings. The molecule has 0 amide bonds. The molecule has 2 aliphatic rings. The summed E-state index contributed by atoms with van der Waals surface area (Å²) in [5.74, 6) is 0.929. The highest BCUT2D eigenvalue weighted by atomic mass is 15.3. The third-order valence-corrected chi connectivity index (χ3v) is 5.07. The molecule has 1 saturated heterocycles. The predicted octanol–water partition coefficient (Wildman–Crippen LogP) is 2.18. The lowest BCUT2D eigenvalue weighted by atomic mass is 9.98. The highest BCUT2D eigenvalue weighted by Crippen LogP contribution is 2.29. The second kappa shape index (κ2) is 7.61. The molecule has 19 heavy (non-hydrogen) atoms. The van der Waals surface area contributed by atoms with Crippen LogP contribution in [0.3, 0.4) is 0 Å². The van der Waals surface area contributed by atoms with Crippen molar-refractivity contribution >= 4 is 0 Å². The van der Waals surface area contributed by atoms with Crippen molar-refractivity contribution in [2.75, 3.05) is 39.8 Å². The Kier molecular flexibility index (Phi) is 6.11. The summed E-state index contributed by atoms with van der Waals surface area (Å²) in [5, 5.41) is 3.76. The minimum Gasteiger partial charge on any atom is -0.314 e. The van der Waals surface area contributed by atoms with Crippen molar-refractivity contribution in [1.29, 1.82) is 0 Å². The second-order valence-corrected chi connectivity index (χ2v) is 6.69. The third-order valence-electron chi connectivity index (χ3n) is 5.07. The zero-order chi connectivity index (χ0) is 13.7. The Balaban J connectivity index is 1.72. The first-order valence-corrected chi connectivity index (χ1v) is 8.36. The van der Waals surface area contributed by atoms with Gasteiger partial charge < -0.3 is 10.2 Å². The van der Waals surface area contributed by atoms with Gasteiger partial charge in [-0.2, -0.15) is 0 Å². The standard InChI is InChI=1S/C16H33N3/c1-4-9-17-16-7-5-6-15(16)8-10-19-12-11-18(3)13-14(19)2/h14-17H,4-13H2,1-3H3. The van der Waals surface area contributed by atoms with Gasteiger partial charge in [-0.1, -0.05) is 13.3 Å². The van der Waals surface area contributed by atoms with E-state index in [1.54, 1.807) is 0 Å². The van der Waals surface area contributed by atoms with Crippen LogP contribution in [-0.4, -0.2) is 61.7 Å². The van der Waals surface area contributed by atoms with Gasteiger partial charge in [0, 0.05) is 31.7 Å². The summed E-state index contributed by atoms with van der Waals surface area (Å²) >= 11 is 0. The van der Waals surface area contributed by atoms with Crippen LogP contribution in [0, 0.1) is 5.92 Å². The van der Waals surface area contributed by atoms with Gasteiger partial charge in [0.2, 0.25) is 0 Å². The maximum Gasteiger partial charge on any atom is 0.0195 e.